The first-order valence-electron chi connectivity index (χ1n) is 11.6. The fraction of sp³-hybridized carbons (Fsp3) is 0.250. The van der Waals surface area contributed by atoms with Gasteiger partial charge in [-0.25, -0.2) is 0 Å². The van der Waals surface area contributed by atoms with Crippen LogP contribution in [0.2, 0.25) is 10.0 Å². The summed E-state index contributed by atoms with van der Waals surface area (Å²) < 4.78 is 11.4. The third kappa shape index (κ3) is 6.71. The second-order valence-electron chi connectivity index (χ2n) is 8.32. The van der Waals surface area contributed by atoms with Crippen molar-refractivity contribution in [3.63, 3.8) is 0 Å². The van der Waals surface area contributed by atoms with Crippen LogP contribution in [-0.2, 0) is 11.4 Å². The minimum atomic E-state index is -0.205. The van der Waals surface area contributed by atoms with E-state index in [0.717, 1.165) is 24.3 Å². The maximum absolute atomic E-state index is 12.4. The molecule has 35 heavy (non-hydrogen) atoms. The maximum Gasteiger partial charge on any atom is 0.248 e. The van der Waals surface area contributed by atoms with E-state index in [1.54, 1.807) is 43.5 Å². The van der Waals surface area contributed by atoms with Crippen molar-refractivity contribution in [2.75, 3.05) is 30.4 Å². The highest BCUT2D eigenvalue weighted by Gasteiger charge is 2.12. The Morgan fingerprint density at radius 2 is 1.69 bits per heavy atom. The van der Waals surface area contributed by atoms with Crippen LogP contribution in [0.5, 0.6) is 11.5 Å². The summed E-state index contributed by atoms with van der Waals surface area (Å²) in [5.41, 5.74) is 3.48. The molecule has 182 valence electrons. The summed E-state index contributed by atoms with van der Waals surface area (Å²) >= 11 is 12.4. The highest BCUT2D eigenvalue weighted by molar-refractivity contribution is 6.35. The lowest BCUT2D eigenvalue weighted by Crippen LogP contribution is -2.29. The molecule has 0 spiro atoms. The largest absolute Gasteiger partial charge is 0.493 e. The smallest absolute Gasteiger partial charge is 0.248 e. The Kier molecular flexibility index (Phi) is 8.56. The molecule has 0 bridgehead atoms. The molecule has 1 fully saturated rings. The highest BCUT2D eigenvalue weighted by atomic mass is 35.5. The van der Waals surface area contributed by atoms with Gasteiger partial charge in [-0.2, -0.15) is 0 Å². The predicted molar refractivity (Wildman–Crippen MR) is 144 cm³/mol. The lowest BCUT2D eigenvalue weighted by Gasteiger charge is -2.28. The molecule has 1 heterocycles. The van der Waals surface area contributed by atoms with Crippen LogP contribution in [0.15, 0.2) is 66.7 Å². The molecule has 1 aliphatic heterocycles. The van der Waals surface area contributed by atoms with Gasteiger partial charge in [-0.15, -0.1) is 0 Å². The molecule has 1 saturated heterocycles. The molecule has 3 aromatic rings. The van der Waals surface area contributed by atoms with Gasteiger partial charge in [0.05, 0.1) is 7.11 Å². The van der Waals surface area contributed by atoms with Gasteiger partial charge < -0.3 is 19.7 Å². The monoisotopic (exact) mass is 510 g/mol. The molecule has 4 rings (SSSR count). The van der Waals surface area contributed by atoms with Gasteiger partial charge in [-0.05, 0) is 79.4 Å². The molecule has 0 aliphatic carbocycles. The number of carbonyl (C=O) groups excluding carboxylic acids is 1. The van der Waals surface area contributed by atoms with Crippen LogP contribution in [0.3, 0.4) is 0 Å². The molecule has 3 aromatic carbocycles. The van der Waals surface area contributed by atoms with E-state index in [-0.39, 0.29) is 12.5 Å². The van der Waals surface area contributed by atoms with Crippen LogP contribution in [0.1, 0.15) is 30.4 Å². The highest BCUT2D eigenvalue weighted by Crippen LogP contribution is 2.31. The SMILES string of the molecule is COc1cc(C=CC(=O)Nc2ccc(N3CCCCC3)cc2)ccc1OCc1c(Cl)cccc1Cl. The van der Waals surface area contributed by atoms with Crippen molar-refractivity contribution in [1.82, 2.24) is 0 Å². The molecule has 0 aromatic heterocycles. The normalized spacial score (nSPS) is 13.6. The van der Waals surface area contributed by atoms with Gasteiger partial charge in [-0.1, -0.05) is 35.3 Å². The lowest BCUT2D eigenvalue weighted by atomic mass is 10.1. The van der Waals surface area contributed by atoms with E-state index in [0.29, 0.717) is 27.1 Å². The molecule has 5 nitrogen and oxygen atoms in total. The van der Waals surface area contributed by atoms with Gasteiger partial charge in [-0.3, -0.25) is 4.79 Å². The van der Waals surface area contributed by atoms with E-state index < -0.39 is 0 Å². The summed E-state index contributed by atoms with van der Waals surface area (Å²) in [5, 5.41) is 4.00. The molecule has 0 radical (unpaired) electrons. The fourth-order valence-electron chi connectivity index (χ4n) is 3.99. The zero-order chi connectivity index (χ0) is 24.6. The van der Waals surface area contributed by atoms with Gasteiger partial charge in [0, 0.05) is 46.1 Å². The molecule has 0 atom stereocenters. The third-order valence-corrected chi connectivity index (χ3v) is 6.61. The fourth-order valence-corrected chi connectivity index (χ4v) is 4.50. The Hall–Kier alpha value is -3.15. The molecule has 0 saturated carbocycles. The first kappa shape index (κ1) is 25.0. The number of benzene rings is 3. The summed E-state index contributed by atoms with van der Waals surface area (Å²) in [5.74, 6) is 0.895. The van der Waals surface area contributed by atoms with Crippen molar-refractivity contribution in [2.45, 2.75) is 25.9 Å². The number of anilines is 2. The molecule has 7 heteroatoms. The van der Waals surface area contributed by atoms with Crippen LogP contribution >= 0.6 is 23.2 Å². The van der Waals surface area contributed by atoms with E-state index in [2.05, 4.69) is 22.3 Å². The van der Waals surface area contributed by atoms with Crippen LogP contribution in [0.25, 0.3) is 6.08 Å². The number of piperidine rings is 1. The Balaban J connectivity index is 1.35. The molecule has 1 amide bonds. The van der Waals surface area contributed by atoms with Crippen molar-refractivity contribution in [3.05, 3.63) is 87.9 Å². The number of carbonyl (C=O) groups is 1. The zero-order valence-electron chi connectivity index (χ0n) is 19.6. The quantitative estimate of drug-likeness (QED) is 0.325. The number of nitrogens with one attached hydrogen (secondary N) is 1. The van der Waals surface area contributed by atoms with Crippen molar-refractivity contribution >= 4 is 46.6 Å². The van der Waals surface area contributed by atoms with Gasteiger partial charge in [0.1, 0.15) is 6.61 Å². The van der Waals surface area contributed by atoms with E-state index in [1.165, 1.54) is 31.0 Å². The van der Waals surface area contributed by atoms with E-state index in [4.69, 9.17) is 32.7 Å². The van der Waals surface area contributed by atoms with Gasteiger partial charge in [0.2, 0.25) is 5.91 Å². The first-order chi connectivity index (χ1) is 17.0. The molecule has 1 N–H and O–H groups in total. The van der Waals surface area contributed by atoms with Gasteiger partial charge in [0.15, 0.2) is 11.5 Å². The van der Waals surface area contributed by atoms with Crippen molar-refractivity contribution in [2.24, 2.45) is 0 Å². The number of rotatable bonds is 8. The summed E-state index contributed by atoms with van der Waals surface area (Å²) in [7, 11) is 1.57. The van der Waals surface area contributed by atoms with Crippen LogP contribution < -0.4 is 19.7 Å². The van der Waals surface area contributed by atoms with E-state index in [1.807, 2.05) is 18.2 Å². The van der Waals surface area contributed by atoms with Gasteiger partial charge in [0.25, 0.3) is 0 Å². The van der Waals surface area contributed by atoms with E-state index in [9.17, 15) is 4.79 Å². The molecular formula is C28H28Cl2N2O3. The lowest BCUT2D eigenvalue weighted by molar-refractivity contribution is -0.111. The van der Waals surface area contributed by atoms with Crippen molar-refractivity contribution < 1.29 is 14.3 Å². The Labute approximate surface area is 216 Å². The second kappa shape index (κ2) is 12.0. The predicted octanol–water partition coefficient (Wildman–Crippen LogP) is 7.22. The Morgan fingerprint density at radius 3 is 2.37 bits per heavy atom. The number of ether oxygens (including phenoxy) is 2. The van der Waals surface area contributed by atoms with Crippen LogP contribution in [-0.4, -0.2) is 26.1 Å². The van der Waals surface area contributed by atoms with E-state index >= 15 is 0 Å². The van der Waals surface area contributed by atoms with Gasteiger partial charge >= 0.3 is 0 Å². The summed E-state index contributed by atoms with van der Waals surface area (Å²) in [4.78, 5) is 14.8. The number of nitrogens with zero attached hydrogens (tertiary/aromatic N) is 1. The van der Waals surface area contributed by atoms with Crippen molar-refractivity contribution in [1.29, 1.82) is 0 Å². The minimum Gasteiger partial charge on any atom is -0.493 e. The average Bonchev–Trinajstić information content (AvgIpc) is 2.88. The Bertz CT molecular complexity index is 1170. The summed E-state index contributed by atoms with van der Waals surface area (Å²) in [6.45, 7) is 2.40. The Morgan fingerprint density at radius 1 is 0.971 bits per heavy atom. The number of methoxy groups -OCH3 is 1. The molecular weight excluding hydrogens is 483 g/mol. The number of hydrogen-bond donors (Lipinski definition) is 1. The number of amides is 1. The number of halogens is 2. The third-order valence-electron chi connectivity index (χ3n) is 5.90. The minimum absolute atomic E-state index is 0.205. The topological polar surface area (TPSA) is 50.8 Å². The second-order valence-corrected chi connectivity index (χ2v) is 9.13. The zero-order valence-corrected chi connectivity index (χ0v) is 21.1. The summed E-state index contributed by atoms with van der Waals surface area (Å²) in [6.07, 6.45) is 7.00. The van der Waals surface area contributed by atoms with Crippen molar-refractivity contribution in [3.8, 4) is 11.5 Å². The number of hydrogen-bond acceptors (Lipinski definition) is 4. The molecule has 1 aliphatic rings. The van der Waals surface area contributed by atoms with Crippen LogP contribution in [0.4, 0.5) is 11.4 Å². The molecule has 0 unspecified atom stereocenters. The van der Waals surface area contributed by atoms with Crippen LogP contribution in [0, 0.1) is 0 Å². The summed E-state index contributed by atoms with van der Waals surface area (Å²) in [6, 6.07) is 18.8. The first-order valence-corrected chi connectivity index (χ1v) is 12.4. The maximum atomic E-state index is 12.4. The standard InChI is InChI=1S/C28H28Cl2N2O3/c1-34-27-18-20(8-14-26(27)35-19-23-24(29)6-5-7-25(23)30)9-15-28(33)31-21-10-12-22(13-11-21)32-16-3-2-4-17-32/h5-15,18H,2-4,16-17,19H2,1H3,(H,31,33). The average molecular weight is 511 g/mol.